The summed E-state index contributed by atoms with van der Waals surface area (Å²) in [5, 5.41) is 0.589. The highest BCUT2D eigenvalue weighted by molar-refractivity contribution is 5.79. The zero-order valence-corrected chi connectivity index (χ0v) is 19.3. The lowest BCUT2D eigenvalue weighted by molar-refractivity contribution is -0.136. The van der Waals surface area contributed by atoms with Gasteiger partial charge in [0.2, 0.25) is 0 Å². The van der Waals surface area contributed by atoms with Gasteiger partial charge in [0.25, 0.3) is 11.5 Å². The summed E-state index contributed by atoms with van der Waals surface area (Å²) in [6, 6.07) is 16.3. The van der Waals surface area contributed by atoms with Crippen molar-refractivity contribution in [3.05, 3.63) is 70.8 Å². The van der Waals surface area contributed by atoms with E-state index in [-0.39, 0.29) is 24.1 Å². The molecule has 0 bridgehead atoms. The average Bonchev–Trinajstić information content (AvgIpc) is 2.80. The van der Waals surface area contributed by atoms with Crippen molar-refractivity contribution in [1.82, 2.24) is 19.4 Å². The van der Waals surface area contributed by atoms with Crippen LogP contribution in [-0.2, 0) is 11.3 Å². The number of hydrogen-bond acceptors (Lipinski definition) is 5. The van der Waals surface area contributed by atoms with Crippen molar-refractivity contribution in [1.29, 1.82) is 0 Å². The largest absolute Gasteiger partial charge is 0.484 e. The first-order chi connectivity index (χ1) is 15.5. The molecular weight excluding hydrogens is 404 g/mol. The fraction of sp³-hybridized carbons (Fsp3) is 0.400. The highest BCUT2D eigenvalue weighted by atomic mass is 16.5. The fourth-order valence-corrected chi connectivity index (χ4v) is 3.79. The van der Waals surface area contributed by atoms with Crippen LogP contribution in [0.3, 0.4) is 0 Å². The second kappa shape index (κ2) is 10.9. The van der Waals surface area contributed by atoms with E-state index in [4.69, 9.17) is 9.72 Å². The zero-order valence-electron chi connectivity index (χ0n) is 19.3. The van der Waals surface area contributed by atoms with Gasteiger partial charge in [0.1, 0.15) is 11.6 Å². The molecule has 1 amide bonds. The number of likely N-dealkylation sites (N-methyl/N-ethyl adjacent to an activating group) is 1. The molecule has 32 heavy (non-hydrogen) atoms. The van der Waals surface area contributed by atoms with Crippen LogP contribution in [0.15, 0.2) is 59.4 Å². The van der Waals surface area contributed by atoms with E-state index in [2.05, 4.69) is 0 Å². The minimum absolute atomic E-state index is 0.0715. The molecule has 7 heteroatoms. The molecule has 1 aromatic heterocycles. The third-order valence-corrected chi connectivity index (χ3v) is 5.48. The van der Waals surface area contributed by atoms with Crippen LogP contribution < -0.4 is 10.3 Å². The summed E-state index contributed by atoms with van der Waals surface area (Å²) in [4.78, 5) is 35.1. The van der Waals surface area contributed by atoms with E-state index in [1.54, 1.807) is 15.5 Å². The second-order valence-corrected chi connectivity index (χ2v) is 7.95. The van der Waals surface area contributed by atoms with Crippen molar-refractivity contribution in [2.45, 2.75) is 32.9 Å². The Morgan fingerprint density at radius 3 is 2.38 bits per heavy atom. The number of carbonyl (C=O) groups is 1. The number of fused-ring (bicyclic) bond motifs is 1. The molecule has 0 radical (unpaired) electrons. The maximum absolute atomic E-state index is 13.3. The summed E-state index contributed by atoms with van der Waals surface area (Å²) < 4.78 is 7.43. The number of hydrogen-bond donors (Lipinski definition) is 0. The molecule has 0 spiro atoms. The van der Waals surface area contributed by atoms with Crippen molar-refractivity contribution in [3.8, 4) is 5.75 Å². The number of amides is 1. The third kappa shape index (κ3) is 5.34. The molecular formula is C25H32N4O3. The quantitative estimate of drug-likeness (QED) is 0.488. The van der Waals surface area contributed by atoms with Gasteiger partial charge in [-0.2, -0.15) is 0 Å². The normalized spacial score (nSPS) is 12.2. The van der Waals surface area contributed by atoms with Crippen molar-refractivity contribution < 1.29 is 9.53 Å². The lowest BCUT2D eigenvalue weighted by Gasteiger charge is -2.33. The molecule has 1 unspecified atom stereocenters. The number of benzene rings is 2. The molecule has 0 N–H and O–H groups in total. The first-order valence-corrected chi connectivity index (χ1v) is 11.1. The first-order valence-electron chi connectivity index (χ1n) is 11.1. The molecule has 0 aliphatic heterocycles. The van der Waals surface area contributed by atoms with Gasteiger partial charge in [-0.05, 0) is 51.7 Å². The number of rotatable bonds is 10. The van der Waals surface area contributed by atoms with Gasteiger partial charge in [-0.3, -0.25) is 14.2 Å². The first kappa shape index (κ1) is 23.5. The Morgan fingerprint density at radius 2 is 1.72 bits per heavy atom. The highest BCUT2D eigenvalue weighted by Crippen LogP contribution is 2.24. The number of ether oxygens (including phenoxy) is 1. The Labute approximate surface area is 189 Å². The average molecular weight is 437 g/mol. The second-order valence-electron chi connectivity index (χ2n) is 7.95. The SMILES string of the molecule is CCC(c1nc2ccccc2c(=O)n1CC)N(CCN(C)C)C(=O)COc1ccccc1. The third-order valence-electron chi connectivity index (χ3n) is 5.48. The minimum Gasteiger partial charge on any atom is -0.484 e. The highest BCUT2D eigenvalue weighted by Gasteiger charge is 2.28. The van der Waals surface area contributed by atoms with E-state index in [0.29, 0.717) is 48.5 Å². The maximum atomic E-state index is 13.3. The molecule has 1 atom stereocenters. The van der Waals surface area contributed by atoms with E-state index in [9.17, 15) is 9.59 Å². The standard InChI is InChI=1S/C25H32N4O3/c1-5-22(24-26-21-15-11-10-14-20(21)25(31)28(24)6-2)29(17-16-27(3)4)23(30)18-32-19-12-8-7-9-13-19/h7-15,22H,5-6,16-18H2,1-4H3. The van der Waals surface area contributed by atoms with Gasteiger partial charge < -0.3 is 14.5 Å². The van der Waals surface area contributed by atoms with Crippen LogP contribution in [0, 0.1) is 0 Å². The van der Waals surface area contributed by atoms with Crippen LogP contribution in [0.4, 0.5) is 0 Å². The van der Waals surface area contributed by atoms with Gasteiger partial charge in [-0.1, -0.05) is 37.3 Å². The smallest absolute Gasteiger partial charge is 0.261 e. The van der Waals surface area contributed by atoms with E-state index in [1.807, 2.05) is 81.4 Å². The summed E-state index contributed by atoms with van der Waals surface area (Å²) in [6.45, 7) is 5.56. The monoisotopic (exact) mass is 436 g/mol. The van der Waals surface area contributed by atoms with Crippen LogP contribution >= 0.6 is 0 Å². The van der Waals surface area contributed by atoms with Crippen LogP contribution in [0.5, 0.6) is 5.75 Å². The lowest BCUT2D eigenvalue weighted by atomic mass is 10.1. The molecule has 0 saturated carbocycles. The van der Waals surface area contributed by atoms with Gasteiger partial charge in [-0.15, -0.1) is 0 Å². The molecule has 0 aliphatic rings. The van der Waals surface area contributed by atoms with Gasteiger partial charge in [0.05, 0.1) is 16.9 Å². The van der Waals surface area contributed by atoms with E-state index >= 15 is 0 Å². The van der Waals surface area contributed by atoms with Crippen molar-refractivity contribution in [2.75, 3.05) is 33.8 Å². The van der Waals surface area contributed by atoms with Crippen molar-refractivity contribution in [3.63, 3.8) is 0 Å². The Kier molecular flexibility index (Phi) is 8.00. The molecule has 2 aromatic carbocycles. The van der Waals surface area contributed by atoms with Gasteiger partial charge in [0.15, 0.2) is 6.61 Å². The summed E-state index contributed by atoms with van der Waals surface area (Å²) in [6.07, 6.45) is 0.634. The Balaban J connectivity index is 1.98. The Bertz CT molecular complexity index is 1100. The summed E-state index contributed by atoms with van der Waals surface area (Å²) in [5.41, 5.74) is 0.572. The summed E-state index contributed by atoms with van der Waals surface area (Å²) in [7, 11) is 3.95. The molecule has 0 fully saturated rings. The predicted octanol–water partition coefficient (Wildman–Crippen LogP) is 3.34. The predicted molar refractivity (Wildman–Crippen MR) is 127 cm³/mol. The van der Waals surface area contributed by atoms with Crippen molar-refractivity contribution >= 4 is 16.8 Å². The Morgan fingerprint density at radius 1 is 1.03 bits per heavy atom. The van der Waals surface area contributed by atoms with Crippen LogP contribution in [0.1, 0.15) is 32.1 Å². The van der Waals surface area contributed by atoms with E-state index in [1.165, 1.54) is 0 Å². The van der Waals surface area contributed by atoms with E-state index < -0.39 is 0 Å². The molecule has 3 rings (SSSR count). The minimum atomic E-state index is -0.334. The van der Waals surface area contributed by atoms with Gasteiger partial charge >= 0.3 is 0 Å². The molecule has 1 heterocycles. The van der Waals surface area contributed by atoms with E-state index in [0.717, 1.165) is 0 Å². The summed E-state index contributed by atoms with van der Waals surface area (Å²) in [5.74, 6) is 1.13. The van der Waals surface area contributed by atoms with Crippen molar-refractivity contribution in [2.24, 2.45) is 0 Å². The Hall–Kier alpha value is -3.19. The molecule has 0 saturated heterocycles. The van der Waals surface area contributed by atoms with Gasteiger partial charge in [0, 0.05) is 19.6 Å². The fourth-order valence-electron chi connectivity index (χ4n) is 3.79. The van der Waals surface area contributed by atoms with Crippen LogP contribution in [0.25, 0.3) is 10.9 Å². The van der Waals surface area contributed by atoms with Gasteiger partial charge in [-0.25, -0.2) is 4.98 Å². The number of aromatic nitrogens is 2. The molecule has 0 aliphatic carbocycles. The molecule has 3 aromatic rings. The summed E-state index contributed by atoms with van der Waals surface area (Å²) >= 11 is 0. The number of para-hydroxylation sites is 2. The topological polar surface area (TPSA) is 67.7 Å². The van der Waals surface area contributed by atoms with Crippen LogP contribution in [0.2, 0.25) is 0 Å². The molecule has 7 nitrogen and oxygen atoms in total. The lowest BCUT2D eigenvalue weighted by Crippen LogP contribution is -2.43. The number of carbonyl (C=O) groups excluding carboxylic acids is 1. The maximum Gasteiger partial charge on any atom is 0.261 e. The zero-order chi connectivity index (χ0) is 23.1. The molecule has 170 valence electrons. The van der Waals surface area contributed by atoms with Crippen LogP contribution in [-0.4, -0.2) is 59.0 Å². The number of nitrogens with zero attached hydrogens (tertiary/aromatic N) is 4.